The van der Waals surface area contributed by atoms with Gasteiger partial charge in [0, 0.05) is 26.6 Å². The number of piperidine rings is 2. The molecule has 2 aliphatic heterocycles. The number of nitrogens with one attached hydrogen (secondary N) is 1. The van der Waals surface area contributed by atoms with E-state index in [2.05, 4.69) is 10.2 Å². The number of carbonyl (C=O) groups is 1. The van der Waals surface area contributed by atoms with Crippen molar-refractivity contribution in [2.75, 3.05) is 38.0 Å². The molecule has 0 radical (unpaired) electrons. The van der Waals surface area contributed by atoms with E-state index in [-0.39, 0.29) is 10.8 Å². The van der Waals surface area contributed by atoms with E-state index in [0.29, 0.717) is 24.7 Å². The first kappa shape index (κ1) is 20.3. The molecule has 1 amide bonds. The first-order valence-electron chi connectivity index (χ1n) is 9.97. The van der Waals surface area contributed by atoms with Crippen molar-refractivity contribution in [1.82, 2.24) is 9.21 Å². The third-order valence-electron chi connectivity index (χ3n) is 5.60. The van der Waals surface area contributed by atoms with Crippen LogP contribution in [0.5, 0.6) is 0 Å². The van der Waals surface area contributed by atoms with Crippen LogP contribution in [0.4, 0.5) is 5.69 Å². The lowest BCUT2D eigenvalue weighted by Gasteiger charge is -2.35. The second-order valence-corrected chi connectivity index (χ2v) is 9.80. The number of carbonyl (C=O) groups excluding carboxylic acids is 1. The van der Waals surface area contributed by atoms with Crippen LogP contribution in [0, 0.1) is 12.8 Å². The average Bonchev–Trinajstić information content (AvgIpc) is 2.64. The third kappa shape index (κ3) is 5.09. The van der Waals surface area contributed by atoms with Crippen molar-refractivity contribution in [2.45, 2.75) is 50.8 Å². The summed E-state index contributed by atoms with van der Waals surface area (Å²) in [5.74, 6) is 0.303. The van der Waals surface area contributed by atoms with Gasteiger partial charge < -0.3 is 10.2 Å². The van der Waals surface area contributed by atoms with Gasteiger partial charge in [-0.3, -0.25) is 4.79 Å². The van der Waals surface area contributed by atoms with Gasteiger partial charge in [-0.2, -0.15) is 4.31 Å². The molecule has 2 fully saturated rings. The van der Waals surface area contributed by atoms with E-state index in [0.717, 1.165) is 24.9 Å². The zero-order valence-corrected chi connectivity index (χ0v) is 17.2. The minimum atomic E-state index is -3.61. The van der Waals surface area contributed by atoms with Gasteiger partial charge in [0.1, 0.15) is 4.90 Å². The summed E-state index contributed by atoms with van der Waals surface area (Å²) in [4.78, 5) is 14.2. The number of hydrogen-bond donors (Lipinski definition) is 1. The largest absolute Gasteiger partial charge is 0.325 e. The summed E-state index contributed by atoms with van der Waals surface area (Å²) in [6.07, 6.45) is 5.70. The molecule has 2 aliphatic rings. The number of rotatable bonds is 5. The summed E-state index contributed by atoms with van der Waals surface area (Å²) in [5, 5.41) is 2.66. The summed E-state index contributed by atoms with van der Waals surface area (Å²) < 4.78 is 28.0. The van der Waals surface area contributed by atoms with Gasteiger partial charge in [0.15, 0.2) is 0 Å². The molecule has 6 nitrogen and oxygen atoms in total. The van der Waals surface area contributed by atoms with Gasteiger partial charge in [-0.15, -0.1) is 0 Å². The molecule has 3 rings (SSSR count). The molecule has 1 N–H and O–H groups in total. The van der Waals surface area contributed by atoms with Crippen LogP contribution in [0.2, 0.25) is 0 Å². The molecular formula is C20H31N3O3S. The van der Waals surface area contributed by atoms with Crippen LogP contribution >= 0.6 is 0 Å². The summed E-state index contributed by atoms with van der Waals surface area (Å²) in [6.45, 7) is 7.81. The maximum Gasteiger partial charge on any atom is 0.245 e. The minimum Gasteiger partial charge on any atom is -0.325 e. The van der Waals surface area contributed by atoms with E-state index in [9.17, 15) is 13.2 Å². The number of hydrogen-bond acceptors (Lipinski definition) is 4. The summed E-state index contributed by atoms with van der Waals surface area (Å²) in [6, 6.07) is 5.14. The van der Waals surface area contributed by atoms with Gasteiger partial charge in [0.05, 0.1) is 5.69 Å². The highest BCUT2D eigenvalue weighted by molar-refractivity contribution is 7.89. The van der Waals surface area contributed by atoms with Gasteiger partial charge >= 0.3 is 0 Å². The van der Waals surface area contributed by atoms with Crippen molar-refractivity contribution in [3.05, 3.63) is 23.8 Å². The molecule has 150 valence electrons. The Morgan fingerprint density at radius 1 is 1.11 bits per heavy atom. The monoisotopic (exact) mass is 393 g/mol. The maximum atomic E-state index is 13.2. The first-order chi connectivity index (χ1) is 12.9. The van der Waals surface area contributed by atoms with Crippen molar-refractivity contribution in [3.8, 4) is 0 Å². The molecule has 0 saturated carbocycles. The van der Waals surface area contributed by atoms with Gasteiger partial charge in [-0.05, 0) is 69.3 Å². The molecule has 1 aromatic rings. The van der Waals surface area contributed by atoms with Crippen LogP contribution in [-0.2, 0) is 14.8 Å². The highest BCUT2D eigenvalue weighted by Crippen LogP contribution is 2.30. The van der Waals surface area contributed by atoms with E-state index in [1.165, 1.54) is 39.3 Å². The lowest BCUT2D eigenvalue weighted by molar-refractivity contribution is -0.114. The SMILES string of the molecule is CC(=O)Nc1ccc(C)cc1S(=O)(=O)N1CCC(CN2CCCCC2)CC1. The molecule has 0 atom stereocenters. The second kappa shape index (κ2) is 8.71. The van der Waals surface area contributed by atoms with Crippen molar-refractivity contribution in [2.24, 2.45) is 5.92 Å². The molecule has 0 unspecified atom stereocenters. The Bertz CT molecular complexity index is 765. The van der Waals surface area contributed by atoms with Crippen LogP contribution in [0.1, 0.15) is 44.6 Å². The zero-order chi connectivity index (χ0) is 19.4. The van der Waals surface area contributed by atoms with Crippen molar-refractivity contribution in [3.63, 3.8) is 0 Å². The van der Waals surface area contributed by atoms with E-state index in [1.54, 1.807) is 16.4 Å². The predicted molar refractivity (Wildman–Crippen MR) is 107 cm³/mol. The quantitative estimate of drug-likeness (QED) is 0.835. The Kier molecular flexibility index (Phi) is 6.55. The highest BCUT2D eigenvalue weighted by atomic mass is 32.2. The Labute approximate surface area is 163 Å². The van der Waals surface area contributed by atoms with E-state index in [1.807, 2.05) is 13.0 Å². The number of benzene rings is 1. The summed E-state index contributed by atoms with van der Waals surface area (Å²) >= 11 is 0. The van der Waals surface area contributed by atoms with Crippen LogP contribution in [0.25, 0.3) is 0 Å². The highest BCUT2D eigenvalue weighted by Gasteiger charge is 2.32. The third-order valence-corrected chi connectivity index (χ3v) is 7.54. The molecular weight excluding hydrogens is 362 g/mol. The Hall–Kier alpha value is -1.44. The average molecular weight is 394 g/mol. The molecule has 0 bridgehead atoms. The zero-order valence-electron chi connectivity index (χ0n) is 16.4. The number of sulfonamides is 1. The Morgan fingerprint density at radius 2 is 1.78 bits per heavy atom. The number of nitrogens with zero attached hydrogens (tertiary/aromatic N) is 2. The summed E-state index contributed by atoms with van der Waals surface area (Å²) in [5.41, 5.74) is 1.23. The molecule has 7 heteroatoms. The second-order valence-electron chi connectivity index (χ2n) is 7.89. The van der Waals surface area contributed by atoms with Crippen molar-refractivity contribution < 1.29 is 13.2 Å². The van der Waals surface area contributed by atoms with Crippen molar-refractivity contribution >= 4 is 21.6 Å². The fraction of sp³-hybridized carbons (Fsp3) is 0.650. The molecule has 2 heterocycles. The van der Waals surface area contributed by atoms with Crippen LogP contribution in [-0.4, -0.2) is 56.3 Å². The Morgan fingerprint density at radius 3 is 2.41 bits per heavy atom. The normalized spacial score (nSPS) is 20.5. The topological polar surface area (TPSA) is 69.7 Å². The Balaban J connectivity index is 1.68. The molecule has 2 saturated heterocycles. The number of anilines is 1. The maximum absolute atomic E-state index is 13.2. The molecule has 1 aromatic carbocycles. The lowest BCUT2D eigenvalue weighted by atomic mass is 9.96. The molecule has 0 spiro atoms. The standard InChI is InChI=1S/C20H31N3O3S/c1-16-6-7-19(21-17(2)24)20(14-16)27(25,26)23-12-8-18(9-13-23)15-22-10-4-3-5-11-22/h6-7,14,18H,3-5,8-13,15H2,1-2H3,(H,21,24). The van der Waals surface area contributed by atoms with E-state index in [4.69, 9.17) is 0 Å². The molecule has 0 aromatic heterocycles. The fourth-order valence-electron chi connectivity index (χ4n) is 4.11. The lowest BCUT2D eigenvalue weighted by Crippen LogP contribution is -2.42. The predicted octanol–water partition coefficient (Wildman–Crippen LogP) is 2.84. The smallest absolute Gasteiger partial charge is 0.245 e. The number of aryl methyl sites for hydroxylation is 1. The van der Waals surface area contributed by atoms with Gasteiger partial charge in [-0.1, -0.05) is 12.5 Å². The van der Waals surface area contributed by atoms with Crippen LogP contribution in [0.15, 0.2) is 23.1 Å². The molecule has 0 aliphatic carbocycles. The van der Waals surface area contributed by atoms with E-state index >= 15 is 0 Å². The fourth-order valence-corrected chi connectivity index (χ4v) is 5.82. The van der Waals surface area contributed by atoms with Crippen LogP contribution in [0.3, 0.4) is 0 Å². The minimum absolute atomic E-state index is 0.201. The van der Waals surface area contributed by atoms with Gasteiger partial charge in [-0.25, -0.2) is 8.42 Å². The van der Waals surface area contributed by atoms with Crippen molar-refractivity contribution in [1.29, 1.82) is 0 Å². The molecule has 27 heavy (non-hydrogen) atoms. The van der Waals surface area contributed by atoms with Gasteiger partial charge in [0.25, 0.3) is 0 Å². The number of likely N-dealkylation sites (tertiary alicyclic amines) is 1. The van der Waals surface area contributed by atoms with Gasteiger partial charge in [0.2, 0.25) is 15.9 Å². The number of amides is 1. The van der Waals surface area contributed by atoms with Crippen LogP contribution < -0.4 is 5.32 Å². The first-order valence-corrected chi connectivity index (χ1v) is 11.4. The van der Waals surface area contributed by atoms with E-state index < -0.39 is 10.0 Å². The summed E-state index contributed by atoms with van der Waals surface area (Å²) in [7, 11) is -3.61.